The van der Waals surface area contributed by atoms with Crippen molar-refractivity contribution in [3.05, 3.63) is 34.1 Å². The molecule has 1 saturated carbocycles. The minimum absolute atomic E-state index is 0. The van der Waals surface area contributed by atoms with E-state index in [0.717, 1.165) is 28.6 Å². The zero-order valence-corrected chi connectivity index (χ0v) is 18.9. The van der Waals surface area contributed by atoms with Crippen molar-refractivity contribution in [1.82, 2.24) is 29.5 Å². The molecule has 0 radical (unpaired) electrons. The van der Waals surface area contributed by atoms with Crippen LogP contribution in [0.15, 0.2) is 21.7 Å². The zero-order valence-electron chi connectivity index (χ0n) is 15.0. The number of aromatic nitrogens is 4. The van der Waals surface area contributed by atoms with Crippen molar-refractivity contribution in [2.75, 3.05) is 7.05 Å². The van der Waals surface area contributed by atoms with Crippen LogP contribution in [0, 0.1) is 6.92 Å². The molecule has 2 aromatic heterocycles. The summed E-state index contributed by atoms with van der Waals surface area (Å²) in [7, 11) is 6.10. The third kappa shape index (κ3) is 5.19. The molecule has 138 valence electrons. The second-order valence-corrected chi connectivity index (χ2v) is 7.31. The Morgan fingerprint density at radius 3 is 2.64 bits per heavy atom. The first-order chi connectivity index (χ1) is 11.4. The van der Waals surface area contributed by atoms with E-state index < -0.39 is 0 Å². The second-order valence-electron chi connectivity index (χ2n) is 6.40. The maximum absolute atomic E-state index is 4.77. The summed E-state index contributed by atoms with van der Waals surface area (Å²) in [6.45, 7) is 3.26. The van der Waals surface area contributed by atoms with Crippen LogP contribution in [0.25, 0.3) is 0 Å². The smallest absolute Gasteiger partial charge is 0.194 e. The molecular formula is C16H25BrIN7. The van der Waals surface area contributed by atoms with Crippen molar-refractivity contribution in [2.45, 2.75) is 38.9 Å². The van der Waals surface area contributed by atoms with E-state index in [9.17, 15) is 0 Å². The molecule has 1 N–H and O–H groups in total. The van der Waals surface area contributed by atoms with Crippen LogP contribution < -0.4 is 5.32 Å². The molecule has 9 heteroatoms. The van der Waals surface area contributed by atoms with Crippen LogP contribution in [0.5, 0.6) is 0 Å². The van der Waals surface area contributed by atoms with Crippen molar-refractivity contribution in [1.29, 1.82) is 0 Å². The summed E-state index contributed by atoms with van der Waals surface area (Å²) in [4.78, 5) is 6.92. The molecule has 1 fully saturated rings. The fourth-order valence-corrected chi connectivity index (χ4v) is 3.03. The van der Waals surface area contributed by atoms with Gasteiger partial charge in [-0.2, -0.15) is 0 Å². The van der Waals surface area contributed by atoms with E-state index in [-0.39, 0.29) is 24.0 Å². The second kappa shape index (κ2) is 8.52. The van der Waals surface area contributed by atoms with Crippen molar-refractivity contribution in [2.24, 2.45) is 19.1 Å². The van der Waals surface area contributed by atoms with Gasteiger partial charge in [-0.05, 0) is 41.8 Å². The number of aliphatic imine (C=N–C) groups is 1. The van der Waals surface area contributed by atoms with E-state index in [4.69, 9.17) is 4.99 Å². The van der Waals surface area contributed by atoms with Crippen LogP contribution >= 0.6 is 39.9 Å². The number of rotatable bonds is 5. The van der Waals surface area contributed by atoms with E-state index in [1.165, 1.54) is 18.5 Å². The van der Waals surface area contributed by atoms with Crippen LogP contribution in [0.2, 0.25) is 0 Å². The molecule has 0 atom stereocenters. The Morgan fingerprint density at radius 2 is 2.12 bits per heavy atom. The van der Waals surface area contributed by atoms with Gasteiger partial charge in [-0.25, -0.2) is 4.99 Å². The van der Waals surface area contributed by atoms with E-state index in [1.807, 2.05) is 18.5 Å². The Bertz CT molecular complexity index is 748. The first kappa shape index (κ1) is 20.2. The number of nitrogens with one attached hydrogen (secondary N) is 1. The molecule has 2 heterocycles. The first-order valence-corrected chi connectivity index (χ1v) is 8.91. The van der Waals surface area contributed by atoms with Gasteiger partial charge in [0.25, 0.3) is 0 Å². The lowest BCUT2D eigenvalue weighted by Crippen LogP contribution is -2.40. The highest BCUT2D eigenvalue weighted by Gasteiger charge is 2.24. The van der Waals surface area contributed by atoms with Crippen LogP contribution in [-0.4, -0.2) is 43.3 Å². The number of guanidine groups is 1. The molecule has 0 unspecified atom stereocenters. The molecule has 1 aliphatic rings. The predicted octanol–water partition coefficient (Wildman–Crippen LogP) is 2.58. The van der Waals surface area contributed by atoms with Crippen molar-refractivity contribution < 1.29 is 0 Å². The summed E-state index contributed by atoms with van der Waals surface area (Å²) in [5, 5.41) is 11.8. The van der Waals surface area contributed by atoms with Gasteiger partial charge >= 0.3 is 0 Å². The van der Waals surface area contributed by atoms with Crippen LogP contribution in [0.3, 0.4) is 0 Å². The van der Waals surface area contributed by atoms with Crippen LogP contribution in [-0.2, 0) is 27.2 Å². The highest BCUT2D eigenvalue weighted by molar-refractivity contribution is 14.0. The van der Waals surface area contributed by atoms with E-state index in [2.05, 4.69) is 67.3 Å². The molecule has 0 saturated heterocycles. The summed E-state index contributed by atoms with van der Waals surface area (Å²) in [6.07, 6.45) is 4.49. The number of halogens is 2. The summed E-state index contributed by atoms with van der Waals surface area (Å²) in [5.74, 6) is 2.69. The topological polar surface area (TPSA) is 63.3 Å². The lowest BCUT2D eigenvalue weighted by molar-refractivity contribution is 0.459. The lowest BCUT2D eigenvalue weighted by atomic mass is 10.4. The third-order valence-corrected chi connectivity index (χ3v) is 4.73. The molecule has 0 aromatic carbocycles. The predicted molar refractivity (Wildman–Crippen MR) is 113 cm³/mol. The number of aryl methyl sites for hydroxylation is 2. The van der Waals surface area contributed by atoms with Gasteiger partial charge in [-0.1, -0.05) is 0 Å². The van der Waals surface area contributed by atoms with Gasteiger partial charge in [0.1, 0.15) is 12.4 Å². The van der Waals surface area contributed by atoms with Crippen molar-refractivity contribution in [3.63, 3.8) is 0 Å². The fourth-order valence-electron chi connectivity index (χ4n) is 2.46. The minimum atomic E-state index is 0. The summed E-state index contributed by atoms with van der Waals surface area (Å²) < 4.78 is 5.20. The Hall–Kier alpha value is -1.10. The molecular weight excluding hydrogens is 497 g/mol. The van der Waals surface area contributed by atoms with Gasteiger partial charge in [0.15, 0.2) is 11.8 Å². The van der Waals surface area contributed by atoms with E-state index >= 15 is 0 Å². The normalized spacial score (nSPS) is 14.4. The van der Waals surface area contributed by atoms with E-state index in [0.29, 0.717) is 12.6 Å². The average Bonchev–Trinajstić information content (AvgIpc) is 3.22. The molecule has 0 spiro atoms. The summed E-state index contributed by atoms with van der Waals surface area (Å²) in [5.41, 5.74) is 1.23. The SMILES string of the molecule is Cc1nnc(CN=C(NC2CC2)N(C)Cc2cc(Br)cn2C)n1C.I. The molecule has 25 heavy (non-hydrogen) atoms. The van der Waals surface area contributed by atoms with Crippen molar-refractivity contribution in [3.8, 4) is 0 Å². The van der Waals surface area contributed by atoms with Gasteiger partial charge in [-0.15, -0.1) is 34.2 Å². The molecule has 0 bridgehead atoms. The molecule has 0 amide bonds. The molecule has 1 aliphatic carbocycles. The van der Waals surface area contributed by atoms with E-state index in [1.54, 1.807) is 0 Å². The van der Waals surface area contributed by atoms with Crippen molar-refractivity contribution >= 4 is 45.9 Å². The summed E-state index contributed by atoms with van der Waals surface area (Å²) >= 11 is 3.53. The maximum Gasteiger partial charge on any atom is 0.194 e. The van der Waals surface area contributed by atoms with Gasteiger partial charge < -0.3 is 19.4 Å². The van der Waals surface area contributed by atoms with Gasteiger partial charge in [-0.3, -0.25) is 0 Å². The highest BCUT2D eigenvalue weighted by Crippen LogP contribution is 2.20. The fraction of sp³-hybridized carbons (Fsp3) is 0.562. The first-order valence-electron chi connectivity index (χ1n) is 8.11. The lowest BCUT2D eigenvalue weighted by Gasteiger charge is -2.22. The standard InChI is InChI=1S/C16H24BrN7.HI/c1-11-20-21-15(24(11)4)8-18-16(19-13-5-6-13)23(3)10-14-7-12(17)9-22(14)2;/h7,9,13H,5-6,8,10H2,1-4H3,(H,18,19);1H. The van der Waals surface area contributed by atoms with Gasteiger partial charge in [0.05, 0.1) is 6.54 Å². The van der Waals surface area contributed by atoms with Crippen LogP contribution in [0.4, 0.5) is 0 Å². The molecule has 3 rings (SSSR count). The Morgan fingerprint density at radius 1 is 1.40 bits per heavy atom. The van der Waals surface area contributed by atoms with Crippen LogP contribution in [0.1, 0.15) is 30.2 Å². The van der Waals surface area contributed by atoms with Gasteiger partial charge in [0.2, 0.25) is 0 Å². The minimum Gasteiger partial charge on any atom is -0.353 e. The third-order valence-electron chi connectivity index (χ3n) is 4.30. The zero-order chi connectivity index (χ0) is 17.3. The molecule has 0 aliphatic heterocycles. The number of nitrogens with zero attached hydrogens (tertiary/aromatic N) is 6. The Balaban J connectivity index is 0.00000225. The Kier molecular flexibility index (Phi) is 6.89. The summed E-state index contributed by atoms with van der Waals surface area (Å²) in [6, 6.07) is 2.68. The monoisotopic (exact) mass is 521 g/mol. The number of hydrogen-bond donors (Lipinski definition) is 1. The molecule has 7 nitrogen and oxygen atoms in total. The number of hydrogen-bond acceptors (Lipinski definition) is 3. The largest absolute Gasteiger partial charge is 0.353 e. The maximum atomic E-state index is 4.77. The molecule has 2 aromatic rings. The average molecular weight is 522 g/mol. The highest BCUT2D eigenvalue weighted by atomic mass is 127. The van der Waals surface area contributed by atoms with Gasteiger partial charge in [0, 0.05) is 43.5 Å². The quantitative estimate of drug-likeness (QED) is 0.373. The Labute approximate surface area is 174 Å².